The summed E-state index contributed by atoms with van der Waals surface area (Å²) in [5.41, 5.74) is 2.08. The maximum atomic E-state index is 12.6. The summed E-state index contributed by atoms with van der Waals surface area (Å²) in [5.74, 6) is -0.339. The predicted molar refractivity (Wildman–Crippen MR) is 115 cm³/mol. The van der Waals surface area contributed by atoms with Gasteiger partial charge in [-0.05, 0) is 48.0 Å². The number of halogens is 2. The summed E-state index contributed by atoms with van der Waals surface area (Å²) in [7, 11) is 0. The van der Waals surface area contributed by atoms with Gasteiger partial charge in [0.1, 0.15) is 5.58 Å². The molecule has 0 bridgehead atoms. The van der Waals surface area contributed by atoms with Gasteiger partial charge in [0, 0.05) is 15.5 Å². The Hall–Kier alpha value is -2.89. The fraction of sp³-hybridized carbons (Fsp3) is 0. The highest BCUT2D eigenvalue weighted by Crippen LogP contribution is 2.25. The number of fused-ring (bicyclic) bond motifs is 1. The molecule has 0 aliphatic rings. The van der Waals surface area contributed by atoms with E-state index in [2.05, 4.69) is 21.2 Å². The van der Waals surface area contributed by atoms with Gasteiger partial charge in [-0.1, -0.05) is 57.9 Å². The van der Waals surface area contributed by atoms with Crippen molar-refractivity contribution in [2.24, 2.45) is 0 Å². The quantitative estimate of drug-likeness (QED) is 0.379. The van der Waals surface area contributed by atoms with Crippen molar-refractivity contribution >= 4 is 50.1 Å². The van der Waals surface area contributed by atoms with Crippen LogP contribution in [0.15, 0.2) is 86.5 Å². The average molecular weight is 455 g/mol. The number of rotatable bonds is 3. The predicted octanol–water partition coefficient (Wildman–Crippen LogP) is 6.13. The van der Waals surface area contributed by atoms with Crippen LogP contribution in [0.25, 0.3) is 22.1 Å². The molecule has 0 atom stereocenters. The van der Waals surface area contributed by atoms with Crippen LogP contribution in [-0.4, -0.2) is 5.91 Å². The molecule has 4 nitrogen and oxygen atoms in total. The molecule has 1 N–H and O–H groups in total. The van der Waals surface area contributed by atoms with E-state index in [0.29, 0.717) is 33.0 Å². The second-order valence-electron chi connectivity index (χ2n) is 6.14. The van der Waals surface area contributed by atoms with Gasteiger partial charge in [0.2, 0.25) is 0 Å². The lowest BCUT2D eigenvalue weighted by atomic mass is 10.1. The lowest BCUT2D eigenvalue weighted by Crippen LogP contribution is -2.12. The Labute approximate surface area is 173 Å². The molecule has 6 heteroatoms. The van der Waals surface area contributed by atoms with Gasteiger partial charge in [0.25, 0.3) is 5.91 Å². The fourth-order valence-corrected chi connectivity index (χ4v) is 3.46. The highest BCUT2D eigenvalue weighted by Gasteiger charge is 2.13. The first-order chi connectivity index (χ1) is 13.5. The summed E-state index contributed by atoms with van der Waals surface area (Å²) in [6, 6.07) is 21.2. The Kier molecular flexibility index (Phi) is 5.03. The summed E-state index contributed by atoms with van der Waals surface area (Å²) in [6.07, 6.45) is 0. The number of carbonyl (C=O) groups is 1. The summed E-state index contributed by atoms with van der Waals surface area (Å²) < 4.78 is 6.16. The Morgan fingerprint density at radius 1 is 0.964 bits per heavy atom. The van der Waals surface area contributed by atoms with Crippen LogP contribution in [0.4, 0.5) is 5.69 Å². The van der Waals surface area contributed by atoms with Crippen molar-refractivity contribution in [2.75, 3.05) is 5.32 Å². The number of nitrogens with one attached hydrogen (secondary N) is 1. The first-order valence-corrected chi connectivity index (χ1v) is 9.58. The maximum absolute atomic E-state index is 12.6. The van der Waals surface area contributed by atoms with Gasteiger partial charge < -0.3 is 9.73 Å². The van der Waals surface area contributed by atoms with E-state index in [1.807, 2.05) is 18.2 Å². The van der Waals surface area contributed by atoms with Crippen LogP contribution in [0, 0.1) is 0 Å². The molecule has 0 saturated carbocycles. The number of carbonyl (C=O) groups excluding carboxylic acids is 1. The van der Waals surface area contributed by atoms with Crippen LogP contribution in [0.2, 0.25) is 5.02 Å². The molecule has 0 fully saturated rings. The van der Waals surface area contributed by atoms with Gasteiger partial charge in [-0.15, -0.1) is 0 Å². The molecule has 0 aliphatic carbocycles. The number of benzene rings is 3. The van der Waals surface area contributed by atoms with E-state index in [0.717, 1.165) is 9.86 Å². The molecule has 4 rings (SSSR count). The Bertz CT molecular complexity index is 1270. The first kappa shape index (κ1) is 18.5. The molecule has 0 unspecified atom stereocenters. The molecule has 3 aromatic carbocycles. The number of hydrogen-bond acceptors (Lipinski definition) is 3. The Balaban J connectivity index is 1.69. The van der Waals surface area contributed by atoms with E-state index in [-0.39, 0.29) is 5.91 Å². The van der Waals surface area contributed by atoms with E-state index >= 15 is 0 Å². The molecule has 0 radical (unpaired) electrons. The van der Waals surface area contributed by atoms with Gasteiger partial charge >= 0.3 is 5.63 Å². The van der Waals surface area contributed by atoms with Crippen molar-refractivity contribution in [2.45, 2.75) is 0 Å². The smallest absolute Gasteiger partial charge is 0.344 e. The maximum Gasteiger partial charge on any atom is 0.344 e. The normalized spacial score (nSPS) is 10.8. The van der Waals surface area contributed by atoms with Gasteiger partial charge in [0.15, 0.2) is 0 Å². The zero-order valence-corrected chi connectivity index (χ0v) is 16.8. The van der Waals surface area contributed by atoms with Crippen LogP contribution in [0.5, 0.6) is 0 Å². The van der Waals surface area contributed by atoms with Crippen molar-refractivity contribution in [3.05, 3.63) is 98.3 Å². The van der Waals surface area contributed by atoms with Gasteiger partial charge in [-0.25, -0.2) is 4.79 Å². The molecule has 1 amide bonds. The molecule has 138 valence electrons. The largest absolute Gasteiger partial charge is 0.422 e. The van der Waals surface area contributed by atoms with Crippen molar-refractivity contribution in [1.29, 1.82) is 0 Å². The standard InChI is InChI=1S/C22H13BrClNO3/c23-15-8-9-19(24)18(12-15)21(26)25-16-6-3-5-13(10-16)17-11-14-4-1-2-7-20(14)28-22(17)27/h1-12H,(H,25,26). The van der Waals surface area contributed by atoms with E-state index in [9.17, 15) is 9.59 Å². The van der Waals surface area contributed by atoms with Crippen molar-refractivity contribution < 1.29 is 9.21 Å². The van der Waals surface area contributed by atoms with Gasteiger partial charge in [-0.3, -0.25) is 4.79 Å². The number of anilines is 1. The molecule has 28 heavy (non-hydrogen) atoms. The van der Waals surface area contributed by atoms with Crippen LogP contribution >= 0.6 is 27.5 Å². The van der Waals surface area contributed by atoms with Crippen LogP contribution in [0.3, 0.4) is 0 Å². The number of amides is 1. The summed E-state index contributed by atoms with van der Waals surface area (Å²) in [6.45, 7) is 0. The molecule has 1 heterocycles. The van der Waals surface area contributed by atoms with Crippen molar-refractivity contribution in [3.8, 4) is 11.1 Å². The second kappa shape index (κ2) is 7.62. The molecular formula is C22H13BrClNO3. The SMILES string of the molecule is O=C(Nc1cccc(-c2cc3ccccc3oc2=O)c1)c1cc(Br)ccc1Cl. The lowest BCUT2D eigenvalue weighted by Gasteiger charge is -2.09. The highest BCUT2D eigenvalue weighted by molar-refractivity contribution is 9.10. The average Bonchev–Trinajstić information content (AvgIpc) is 2.69. The van der Waals surface area contributed by atoms with Crippen LogP contribution < -0.4 is 10.9 Å². The van der Waals surface area contributed by atoms with Crippen LogP contribution in [-0.2, 0) is 0 Å². The zero-order valence-electron chi connectivity index (χ0n) is 14.4. The molecule has 4 aromatic rings. The number of hydrogen-bond donors (Lipinski definition) is 1. The van der Waals surface area contributed by atoms with Crippen molar-refractivity contribution in [1.82, 2.24) is 0 Å². The first-order valence-electron chi connectivity index (χ1n) is 8.41. The monoisotopic (exact) mass is 453 g/mol. The topological polar surface area (TPSA) is 59.3 Å². The Morgan fingerprint density at radius 3 is 2.64 bits per heavy atom. The summed E-state index contributed by atoms with van der Waals surface area (Å²) in [4.78, 5) is 25.0. The molecule has 1 aromatic heterocycles. The summed E-state index contributed by atoms with van der Waals surface area (Å²) in [5, 5.41) is 4.00. The third-order valence-electron chi connectivity index (χ3n) is 4.25. The third kappa shape index (κ3) is 3.72. The minimum Gasteiger partial charge on any atom is -0.422 e. The van der Waals surface area contributed by atoms with E-state index in [1.54, 1.807) is 54.6 Å². The van der Waals surface area contributed by atoms with E-state index in [1.165, 1.54) is 0 Å². The van der Waals surface area contributed by atoms with Gasteiger partial charge in [-0.2, -0.15) is 0 Å². The third-order valence-corrected chi connectivity index (χ3v) is 5.07. The molecule has 0 saturated heterocycles. The Morgan fingerprint density at radius 2 is 1.79 bits per heavy atom. The minimum atomic E-state index is -0.433. The van der Waals surface area contributed by atoms with Crippen LogP contribution in [0.1, 0.15) is 10.4 Å². The fourth-order valence-electron chi connectivity index (χ4n) is 2.90. The van der Waals surface area contributed by atoms with E-state index in [4.69, 9.17) is 16.0 Å². The van der Waals surface area contributed by atoms with E-state index < -0.39 is 5.63 Å². The lowest BCUT2D eigenvalue weighted by molar-refractivity contribution is 0.102. The summed E-state index contributed by atoms with van der Waals surface area (Å²) >= 11 is 9.46. The minimum absolute atomic E-state index is 0.339. The molecular weight excluding hydrogens is 442 g/mol. The molecule has 0 spiro atoms. The number of para-hydroxylation sites is 1. The highest BCUT2D eigenvalue weighted by atomic mass is 79.9. The molecule has 0 aliphatic heterocycles. The zero-order chi connectivity index (χ0) is 19.7. The van der Waals surface area contributed by atoms with Crippen molar-refractivity contribution in [3.63, 3.8) is 0 Å². The van der Waals surface area contributed by atoms with Gasteiger partial charge in [0.05, 0.1) is 16.1 Å². The second-order valence-corrected chi connectivity index (χ2v) is 7.47.